The van der Waals surface area contributed by atoms with Crippen molar-refractivity contribution in [1.82, 2.24) is 4.90 Å². The minimum Gasteiger partial charge on any atom is -0.345 e. The van der Waals surface area contributed by atoms with Crippen LogP contribution in [0.1, 0.15) is 39.0 Å². The Hall–Kier alpha value is -0.0500. The van der Waals surface area contributed by atoms with Gasteiger partial charge < -0.3 is 4.90 Å². The molecule has 0 heterocycles. The molecule has 0 radical (unpaired) electrons. The van der Waals surface area contributed by atoms with Crippen LogP contribution in [-0.2, 0) is 4.79 Å². The quantitative estimate of drug-likeness (QED) is 0.713. The van der Waals surface area contributed by atoms with Crippen molar-refractivity contribution in [2.75, 3.05) is 13.6 Å². The lowest BCUT2D eigenvalue weighted by Crippen LogP contribution is -2.33. The van der Waals surface area contributed by atoms with Crippen LogP contribution in [0.15, 0.2) is 0 Å². The number of rotatable bonds is 4. The molecule has 0 N–H and O–H groups in total. The van der Waals surface area contributed by atoms with Crippen LogP contribution in [-0.4, -0.2) is 29.2 Å². The first-order chi connectivity index (χ1) is 6.61. The third-order valence-corrected chi connectivity index (χ3v) is 3.40. The number of alkyl halides is 1. The maximum Gasteiger partial charge on any atom is 0.225 e. The second kappa shape index (κ2) is 5.74. The van der Waals surface area contributed by atoms with E-state index in [0.29, 0.717) is 16.7 Å². The fourth-order valence-electron chi connectivity index (χ4n) is 1.97. The van der Waals surface area contributed by atoms with E-state index in [1.807, 2.05) is 11.9 Å². The van der Waals surface area contributed by atoms with Gasteiger partial charge in [0, 0.05) is 24.3 Å². The predicted molar refractivity (Wildman–Crippen MR) is 62.6 cm³/mol. The summed E-state index contributed by atoms with van der Waals surface area (Å²) in [6, 6.07) is 0. The van der Waals surface area contributed by atoms with Crippen molar-refractivity contribution in [3.05, 3.63) is 0 Å². The molecule has 1 unspecified atom stereocenters. The SMILES string of the molecule is CC(Br)CCN(C)C(=O)C1CCCC1. The third kappa shape index (κ3) is 3.60. The molecule has 0 aromatic carbocycles. The van der Waals surface area contributed by atoms with Gasteiger partial charge in [0.05, 0.1) is 0 Å². The van der Waals surface area contributed by atoms with Crippen LogP contribution < -0.4 is 0 Å². The van der Waals surface area contributed by atoms with Crippen LogP contribution in [0.25, 0.3) is 0 Å². The second-order valence-electron chi connectivity index (χ2n) is 4.31. The van der Waals surface area contributed by atoms with E-state index in [9.17, 15) is 4.79 Å². The van der Waals surface area contributed by atoms with Gasteiger partial charge in [-0.2, -0.15) is 0 Å². The number of carbonyl (C=O) groups excluding carboxylic acids is 1. The largest absolute Gasteiger partial charge is 0.345 e. The molecule has 0 bridgehead atoms. The van der Waals surface area contributed by atoms with E-state index >= 15 is 0 Å². The highest BCUT2D eigenvalue weighted by Gasteiger charge is 2.25. The lowest BCUT2D eigenvalue weighted by molar-refractivity contribution is -0.134. The van der Waals surface area contributed by atoms with Crippen molar-refractivity contribution in [2.24, 2.45) is 5.92 Å². The third-order valence-electron chi connectivity index (χ3n) is 2.94. The monoisotopic (exact) mass is 261 g/mol. The highest BCUT2D eigenvalue weighted by Crippen LogP contribution is 2.26. The van der Waals surface area contributed by atoms with E-state index in [0.717, 1.165) is 25.8 Å². The van der Waals surface area contributed by atoms with Crippen LogP contribution >= 0.6 is 15.9 Å². The summed E-state index contributed by atoms with van der Waals surface area (Å²) in [5.41, 5.74) is 0. The topological polar surface area (TPSA) is 20.3 Å². The minimum atomic E-state index is 0.325. The Morgan fingerprint density at radius 1 is 1.50 bits per heavy atom. The minimum absolute atomic E-state index is 0.325. The lowest BCUT2D eigenvalue weighted by atomic mass is 10.1. The summed E-state index contributed by atoms with van der Waals surface area (Å²) in [5.74, 6) is 0.682. The highest BCUT2D eigenvalue weighted by molar-refractivity contribution is 9.09. The normalized spacial score (nSPS) is 19.6. The Balaban J connectivity index is 2.28. The van der Waals surface area contributed by atoms with Crippen LogP contribution in [0, 0.1) is 5.92 Å². The van der Waals surface area contributed by atoms with Gasteiger partial charge >= 0.3 is 0 Å². The van der Waals surface area contributed by atoms with E-state index in [1.165, 1.54) is 12.8 Å². The second-order valence-corrected chi connectivity index (χ2v) is 5.87. The molecule has 2 nitrogen and oxygen atoms in total. The van der Waals surface area contributed by atoms with E-state index in [2.05, 4.69) is 22.9 Å². The van der Waals surface area contributed by atoms with Crippen LogP contribution in [0.2, 0.25) is 0 Å². The zero-order valence-electron chi connectivity index (χ0n) is 9.13. The van der Waals surface area contributed by atoms with E-state index in [4.69, 9.17) is 0 Å². The molecule has 1 fully saturated rings. The average molecular weight is 262 g/mol. The summed E-state index contributed by atoms with van der Waals surface area (Å²) in [4.78, 5) is 14.3. The van der Waals surface area contributed by atoms with Gasteiger partial charge in [-0.05, 0) is 19.3 Å². The van der Waals surface area contributed by atoms with Crippen LogP contribution in [0.3, 0.4) is 0 Å². The van der Waals surface area contributed by atoms with Gasteiger partial charge in [-0.1, -0.05) is 35.7 Å². The van der Waals surface area contributed by atoms with E-state index in [1.54, 1.807) is 0 Å². The van der Waals surface area contributed by atoms with Crippen molar-refractivity contribution in [3.63, 3.8) is 0 Å². The number of nitrogens with zero attached hydrogens (tertiary/aromatic N) is 1. The molecule has 0 spiro atoms. The Morgan fingerprint density at radius 2 is 2.07 bits per heavy atom. The first kappa shape index (κ1) is 12.0. The Bertz CT molecular complexity index is 188. The van der Waals surface area contributed by atoms with Gasteiger partial charge in [-0.3, -0.25) is 4.79 Å². The standard InChI is InChI=1S/C11H20BrNO/c1-9(12)7-8-13(2)11(14)10-5-3-4-6-10/h9-10H,3-8H2,1-2H3. The predicted octanol–water partition coefficient (Wildman–Crippen LogP) is 2.81. The van der Waals surface area contributed by atoms with Crippen molar-refractivity contribution >= 4 is 21.8 Å². The molecule has 0 aromatic rings. The van der Waals surface area contributed by atoms with Crippen molar-refractivity contribution in [1.29, 1.82) is 0 Å². The Kier molecular flexibility index (Phi) is 4.93. The lowest BCUT2D eigenvalue weighted by Gasteiger charge is -2.21. The molecule has 14 heavy (non-hydrogen) atoms. The fraction of sp³-hybridized carbons (Fsp3) is 0.909. The number of carbonyl (C=O) groups is 1. The van der Waals surface area contributed by atoms with Crippen molar-refractivity contribution in [3.8, 4) is 0 Å². The number of amides is 1. The molecule has 0 aliphatic heterocycles. The first-order valence-electron chi connectivity index (χ1n) is 5.50. The van der Waals surface area contributed by atoms with Crippen molar-refractivity contribution in [2.45, 2.75) is 43.9 Å². The zero-order valence-corrected chi connectivity index (χ0v) is 10.7. The molecule has 1 rings (SSSR count). The molecule has 1 saturated carbocycles. The summed E-state index contributed by atoms with van der Waals surface area (Å²) >= 11 is 3.50. The van der Waals surface area contributed by atoms with Gasteiger partial charge in [0.1, 0.15) is 0 Å². The van der Waals surface area contributed by atoms with Gasteiger partial charge in [0.2, 0.25) is 5.91 Å². The molecule has 1 atom stereocenters. The van der Waals surface area contributed by atoms with Crippen LogP contribution in [0.5, 0.6) is 0 Å². The first-order valence-corrected chi connectivity index (χ1v) is 6.42. The Morgan fingerprint density at radius 3 is 2.57 bits per heavy atom. The summed E-state index contributed by atoms with van der Waals surface area (Å²) < 4.78 is 0. The number of hydrogen-bond acceptors (Lipinski definition) is 1. The van der Waals surface area contributed by atoms with Gasteiger partial charge in [-0.15, -0.1) is 0 Å². The van der Waals surface area contributed by atoms with Gasteiger partial charge in [0.25, 0.3) is 0 Å². The number of hydrogen-bond donors (Lipinski definition) is 0. The molecule has 0 saturated heterocycles. The van der Waals surface area contributed by atoms with Gasteiger partial charge in [0.15, 0.2) is 0 Å². The maximum atomic E-state index is 11.9. The van der Waals surface area contributed by atoms with E-state index in [-0.39, 0.29) is 0 Å². The van der Waals surface area contributed by atoms with Gasteiger partial charge in [-0.25, -0.2) is 0 Å². The highest BCUT2D eigenvalue weighted by atomic mass is 79.9. The average Bonchev–Trinajstić information content (AvgIpc) is 2.65. The zero-order chi connectivity index (χ0) is 10.6. The molecular weight excluding hydrogens is 242 g/mol. The summed E-state index contributed by atoms with van der Waals surface area (Å²) in [7, 11) is 1.93. The smallest absolute Gasteiger partial charge is 0.225 e. The summed E-state index contributed by atoms with van der Waals surface area (Å²) in [6.07, 6.45) is 5.72. The molecule has 1 amide bonds. The summed E-state index contributed by atoms with van der Waals surface area (Å²) in [6.45, 7) is 3.00. The van der Waals surface area contributed by atoms with Crippen molar-refractivity contribution < 1.29 is 4.79 Å². The molecule has 0 aromatic heterocycles. The maximum absolute atomic E-state index is 11.9. The molecule has 1 aliphatic carbocycles. The molecule has 3 heteroatoms. The molecular formula is C11H20BrNO. The van der Waals surface area contributed by atoms with Crippen LogP contribution in [0.4, 0.5) is 0 Å². The Labute approximate surface area is 95.2 Å². The summed E-state index contributed by atoms with van der Waals surface area (Å²) in [5, 5.41) is 0. The van der Waals surface area contributed by atoms with E-state index < -0.39 is 0 Å². The molecule has 1 aliphatic rings. The fourth-order valence-corrected chi connectivity index (χ4v) is 2.17. The number of halogens is 1. The molecule has 82 valence electrons.